The lowest BCUT2D eigenvalue weighted by atomic mass is 10.0. The molecule has 0 heterocycles. The molecule has 118 valence electrons. The molecule has 0 aliphatic rings. The van der Waals surface area contributed by atoms with Crippen LogP contribution >= 0.6 is 0 Å². The molecule has 2 rings (SSSR count). The molecule has 2 heteroatoms. The molecule has 0 spiro atoms. The van der Waals surface area contributed by atoms with Crippen molar-refractivity contribution >= 4 is 0 Å². The second-order valence-corrected chi connectivity index (χ2v) is 5.97. The molecule has 0 amide bonds. The number of hydrogen-bond acceptors (Lipinski definition) is 2. The predicted octanol–water partition coefficient (Wildman–Crippen LogP) is 4.24. The number of aliphatic hydroxyl groups is 1. The van der Waals surface area contributed by atoms with Gasteiger partial charge in [0.05, 0.1) is 6.10 Å². The van der Waals surface area contributed by atoms with Crippen LogP contribution in [0.15, 0.2) is 60.7 Å². The predicted molar refractivity (Wildman–Crippen MR) is 92.5 cm³/mol. The summed E-state index contributed by atoms with van der Waals surface area (Å²) in [5.74, 6) is 0. The van der Waals surface area contributed by atoms with E-state index in [1.54, 1.807) is 0 Å². The maximum atomic E-state index is 10.4. The Morgan fingerprint density at radius 1 is 0.864 bits per heavy atom. The molecule has 0 bridgehead atoms. The van der Waals surface area contributed by atoms with Crippen molar-refractivity contribution in [3.63, 3.8) is 0 Å². The van der Waals surface area contributed by atoms with Gasteiger partial charge in [0.1, 0.15) is 0 Å². The molecule has 2 atom stereocenters. The van der Waals surface area contributed by atoms with Crippen LogP contribution in [0, 0.1) is 0 Å². The monoisotopic (exact) mass is 297 g/mol. The van der Waals surface area contributed by atoms with Gasteiger partial charge in [-0.1, -0.05) is 74.0 Å². The fourth-order valence-corrected chi connectivity index (χ4v) is 2.76. The molecule has 0 aliphatic carbocycles. The molecular weight excluding hydrogens is 270 g/mol. The van der Waals surface area contributed by atoms with Crippen molar-refractivity contribution in [2.45, 2.75) is 51.9 Å². The summed E-state index contributed by atoms with van der Waals surface area (Å²) in [6, 6.07) is 21.1. The van der Waals surface area contributed by atoms with Gasteiger partial charge in [-0.25, -0.2) is 0 Å². The van der Waals surface area contributed by atoms with Crippen molar-refractivity contribution in [1.29, 1.82) is 0 Å². The second kappa shape index (κ2) is 8.72. The van der Waals surface area contributed by atoms with E-state index >= 15 is 0 Å². The van der Waals surface area contributed by atoms with E-state index in [2.05, 4.69) is 67.3 Å². The summed E-state index contributed by atoms with van der Waals surface area (Å²) >= 11 is 0. The van der Waals surface area contributed by atoms with Gasteiger partial charge in [0.2, 0.25) is 0 Å². The summed E-state index contributed by atoms with van der Waals surface area (Å²) in [4.78, 5) is 2.37. The van der Waals surface area contributed by atoms with Crippen LogP contribution in [0.4, 0.5) is 0 Å². The van der Waals surface area contributed by atoms with Crippen LogP contribution in [-0.4, -0.2) is 22.2 Å². The molecular formula is C20H27NO. The number of rotatable bonds is 8. The summed E-state index contributed by atoms with van der Waals surface area (Å²) < 4.78 is 0. The third kappa shape index (κ3) is 4.97. The Labute approximate surface area is 134 Å². The molecule has 2 aromatic rings. The van der Waals surface area contributed by atoms with Gasteiger partial charge in [-0.3, -0.25) is 4.90 Å². The Morgan fingerprint density at radius 2 is 1.32 bits per heavy atom. The minimum atomic E-state index is -0.280. The van der Waals surface area contributed by atoms with E-state index in [4.69, 9.17) is 0 Å². The fraction of sp³-hybridized carbons (Fsp3) is 0.400. The lowest BCUT2D eigenvalue weighted by molar-refractivity contribution is 0.0434. The number of hydrogen-bond donors (Lipinski definition) is 1. The average molecular weight is 297 g/mol. The molecule has 2 nitrogen and oxygen atoms in total. The highest BCUT2D eigenvalue weighted by molar-refractivity contribution is 5.17. The van der Waals surface area contributed by atoms with Crippen molar-refractivity contribution in [1.82, 2.24) is 4.90 Å². The van der Waals surface area contributed by atoms with Gasteiger partial charge in [-0.05, 0) is 24.5 Å². The van der Waals surface area contributed by atoms with Crippen LogP contribution in [0.25, 0.3) is 0 Å². The van der Waals surface area contributed by atoms with Gasteiger partial charge in [0, 0.05) is 19.1 Å². The van der Waals surface area contributed by atoms with E-state index in [0.29, 0.717) is 0 Å². The molecule has 0 saturated carbocycles. The van der Waals surface area contributed by atoms with Crippen molar-refractivity contribution in [3.05, 3.63) is 71.8 Å². The second-order valence-electron chi connectivity index (χ2n) is 5.97. The van der Waals surface area contributed by atoms with Crippen molar-refractivity contribution in [3.8, 4) is 0 Å². The Balaban J connectivity index is 2.12. The van der Waals surface area contributed by atoms with E-state index in [1.165, 1.54) is 11.1 Å². The molecule has 22 heavy (non-hydrogen) atoms. The SMILES string of the molecule is CCCC(O)C(C)N(Cc1ccccc1)Cc1ccccc1. The van der Waals surface area contributed by atoms with Crippen molar-refractivity contribution in [2.24, 2.45) is 0 Å². The lowest BCUT2D eigenvalue weighted by Gasteiger charge is -2.32. The van der Waals surface area contributed by atoms with Crippen LogP contribution in [-0.2, 0) is 13.1 Å². The largest absolute Gasteiger partial charge is 0.392 e. The van der Waals surface area contributed by atoms with Gasteiger partial charge in [0.25, 0.3) is 0 Å². The van der Waals surface area contributed by atoms with Gasteiger partial charge >= 0.3 is 0 Å². The summed E-state index contributed by atoms with van der Waals surface area (Å²) in [5, 5.41) is 10.4. The van der Waals surface area contributed by atoms with E-state index in [0.717, 1.165) is 25.9 Å². The standard InChI is InChI=1S/C20H27NO/c1-3-10-20(22)17(2)21(15-18-11-6-4-7-12-18)16-19-13-8-5-9-14-19/h4-9,11-14,17,20,22H,3,10,15-16H2,1-2H3. The zero-order chi connectivity index (χ0) is 15.8. The minimum absolute atomic E-state index is 0.139. The summed E-state index contributed by atoms with van der Waals surface area (Å²) in [7, 11) is 0. The topological polar surface area (TPSA) is 23.5 Å². The van der Waals surface area contributed by atoms with Crippen LogP contribution in [0.1, 0.15) is 37.8 Å². The summed E-state index contributed by atoms with van der Waals surface area (Å²) in [6.07, 6.45) is 1.58. The van der Waals surface area contributed by atoms with Crippen LogP contribution in [0.2, 0.25) is 0 Å². The zero-order valence-corrected chi connectivity index (χ0v) is 13.7. The van der Waals surface area contributed by atoms with Crippen LogP contribution in [0.3, 0.4) is 0 Å². The highest BCUT2D eigenvalue weighted by Crippen LogP contribution is 2.17. The molecule has 1 N–H and O–H groups in total. The van der Waals surface area contributed by atoms with E-state index in [-0.39, 0.29) is 12.1 Å². The first-order chi connectivity index (χ1) is 10.7. The van der Waals surface area contributed by atoms with E-state index < -0.39 is 0 Å². The maximum absolute atomic E-state index is 10.4. The van der Waals surface area contributed by atoms with Gasteiger partial charge in [0.15, 0.2) is 0 Å². The maximum Gasteiger partial charge on any atom is 0.0692 e. The molecule has 0 saturated heterocycles. The normalized spacial score (nSPS) is 14.0. The third-order valence-electron chi connectivity index (χ3n) is 4.17. The smallest absolute Gasteiger partial charge is 0.0692 e. The molecule has 2 aromatic carbocycles. The van der Waals surface area contributed by atoms with Crippen LogP contribution < -0.4 is 0 Å². The van der Waals surface area contributed by atoms with Crippen LogP contribution in [0.5, 0.6) is 0 Å². The van der Waals surface area contributed by atoms with Crippen molar-refractivity contribution < 1.29 is 5.11 Å². The number of nitrogens with zero attached hydrogens (tertiary/aromatic N) is 1. The Bertz CT molecular complexity index is 484. The highest BCUT2D eigenvalue weighted by atomic mass is 16.3. The highest BCUT2D eigenvalue weighted by Gasteiger charge is 2.21. The van der Waals surface area contributed by atoms with Gasteiger partial charge in [-0.15, -0.1) is 0 Å². The molecule has 0 radical (unpaired) electrons. The zero-order valence-electron chi connectivity index (χ0n) is 13.7. The minimum Gasteiger partial charge on any atom is -0.392 e. The number of benzene rings is 2. The van der Waals surface area contributed by atoms with E-state index in [1.807, 2.05) is 12.1 Å². The Morgan fingerprint density at radius 3 is 1.73 bits per heavy atom. The Hall–Kier alpha value is -1.64. The average Bonchev–Trinajstić information content (AvgIpc) is 2.56. The quantitative estimate of drug-likeness (QED) is 0.788. The molecule has 0 aliphatic heterocycles. The fourth-order valence-electron chi connectivity index (χ4n) is 2.76. The molecule has 0 aromatic heterocycles. The summed E-state index contributed by atoms with van der Waals surface area (Å²) in [6.45, 7) is 5.97. The van der Waals surface area contributed by atoms with Gasteiger partial charge < -0.3 is 5.11 Å². The Kier molecular flexibility index (Phi) is 6.63. The first kappa shape index (κ1) is 16.7. The lowest BCUT2D eigenvalue weighted by Crippen LogP contribution is -2.40. The molecule has 2 unspecified atom stereocenters. The summed E-state index contributed by atoms with van der Waals surface area (Å²) in [5.41, 5.74) is 2.57. The molecule has 0 fully saturated rings. The van der Waals surface area contributed by atoms with Gasteiger partial charge in [-0.2, -0.15) is 0 Å². The van der Waals surface area contributed by atoms with E-state index in [9.17, 15) is 5.11 Å². The third-order valence-corrected chi connectivity index (χ3v) is 4.17. The number of aliphatic hydroxyl groups excluding tert-OH is 1. The van der Waals surface area contributed by atoms with Crippen molar-refractivity contribution in [2.75, 3.05) is 0 Å². The first-order valence-electron chi connectivity index (χ1n) is 8.20. The first-order valence-corrected chi connectivity index (χ1v) is 8.20.